The van der Waals surface area contributed by atoms with Gasteiger partial charge in [-0.1, -0.05) is 38.5 Å². The molecule has 2 bridgehead atoms. The van der Waals surface area contributed by atoms with Gasteiger partial charge in [-0.3, -0.25) is 14.4 Å². The van der Waals surface area contributed by atoms with Crippen LogP contribution in [0.2, 0.25) is 0 Å². The first-order valence-corrected chi connectivity index (χ1v) is 12.4. The predicted octanol–water partition coefficient (Wildman–Crippen LogP) is 2.39. The molecule has 0 aromatic carbocycles. The van der Waals surface area contributed by atoms with E-state index in [0.29, 0.717) is 19.5 Å². The number of aliphatic hydroxyl groups is 1. The summed E-state index contributed by atoms with van der Waals surface area (Å²) in [6, 6.07) is -0.697. The number of carbonyl (C=O) groups excluding carboxylic acids is 3. The lowest BCUT2D eigenvalue weighted by molar-refractivity contribution is -0.154. The van der Waals surface area contributed by atoms with Crippen molar-refractivity contribution in [2.24, 2.45) is 11.8 Å². The first-order valence-electron chi connectivity index (χ1n) is 11.6. The minimum Gasteiger partial charge on any atom is -0.461 e. The number of fused-ring (bicyclic) bond motifs is 1. The fraction of sp³-hybridized carbons (Fsp3) is 0.708. The first kappa shape index (κ1) is 24.8. The van der Waals surface area contributed by atoms with Gasteiger partial charge in [-0.05, 0) is 26.2 Å². The topological polar surface area (TPSA) is 87.1 Å². The van der Waals surface area contributed by atoms with E-state index in [1.807, 2.05) is 6.92 Å². The van der Waals surface area contributed by atoms with Crippen LogP contribution in [0.5, 0.6) is 0 Å². The van der Waals surface area contributed by atoms with Crippen molar-refractivity contribution < 1.29 is 24.2 Å². The maximum atomic E-state index is 13.9. The number of likely N-dealkylation sites (tertiary alicyclic amines) is 1. The Bertz CT molecular complexity index is 773. The first-order chi connectivity index (χ1) is 15.3. The van der Waals surface area contributed by atoms with Crippen molar-refractivity contribution >= 4 is 29.5 Å². The van der Waals surface area contributed by atoms with Gasteiger partial charge < -0.3 is 19.6 Å². The average Bonchev–Trinajstić information content (AvgIpc) is 3.32. The Labute approximate surface area is 195 Å². The van der Waals surface area contributed by atoms with E-state index >= 15 is 0 Å². The summed E-state index contributed by atoms with van der Waals surface area (Å²) in [4.78, 5) is 43.9. The Kier molecular flexibility index (Phi) is 7.76. The standard InChI is InChI=1S/C24H36N2O5S/c1-5-8-9-13-25(12-6-2)21(29)19-24-11-10-23(4,32-24)18(22(30)31-16-7-3)17(24)20(28)26(19)14-15-27/h6-7,17-19,27H,2-3,5,8-16H2,1,4H3/t17-,18+,19?,23-,24?/m0/s1. The van der Waals surface area contributed by atoms with Crippen LogP contribution < -0.4 is 0 Å². The molecule has 3 heterocycles. The molecule has 7 nitrogen and oxygen atoms in total. The quantitative estimate of drug-likeness (QED) is 0.271. The molecule has 5 atom stereocenters. The normalized spacial score (nSPS) is 32.7. The van der Waals surface area contributed by atoms with Gasteiger partial charge in [0, 0.05) is 24.4 Å². The number of thioether (sulfide) groups is 1. The van der Waals surface area contributed by atoms with E-state index in [0.717, 1.165) is 25.7 Å². The van der Waals surface area contributed by atoms with Crippen LogP contribution in [0.4, 0.5) is 0 Å². The number of carbonyl (C=O) groups is 3. The Morgan fingerprint density at radius 3 is 2.69 bits per heavy atom. The van der Waals surface area contributed by atoms with Crippen molar-refractivity contribution in [1.82, 2.24) is 9.80 Å². The van der Waals surface area contributed by atoms with Gasteiger partial charge >= 0.3 is 5.97 Å². The number of nitrogens with zero attached hydrogens (tertiary/aromatic N) is 2. The van der Waals surface area contributed by atoms with Crippen molar-refractivity contribution in [3.8, 4) is 0 Å². The molecule has 3 aliphatic rings. The van der Waals surface area contributed by atoms with Gasteiger partial charge in [0.2, 0.25) is 11.8 Å². The highest BCUT2D eigenvalue weighted by Gasteiger charge is 2.77. The van der Waals surface area contributed by atoms with Crippen LogP contribution >= 0.6 is 11.8 Å². The second kappa shape index (κ2) is 10.00. The van der Waals surface area contributed by atoms with Crippen LogP contribution in [0.15, 0.2) is 25.3 Å². The molecule has 8 heteroatoms. The van der Waals surface area contributed by atoms with Crippen molar-refractivity contribution in [3.63, 3.8) is 0 Å². The molecule has 0 radical (unpaired) electrons. The molecular weight excluding hydrogens is 428 g/mol. The highest BCUT2D eigenvalue weighted by molar-refractivity contribution is 8.02. The minimum absolute atomic E-state index is 0.0794. The largest absolute Gasteiger partial charge is 0.461 e. The number of rotatable bonds is 12. The second-order valence-electron chi connectivity index (χ2n) is 9.18. The summed E-state index contributed by atoms with van der Waals surface area (Å²) in [5, 5.41) is 9.69. The lowest BCUT2D eigenvalue weighted by atomic mass is 9.66. The van der Waals surface area contributed by atoms with E-state index in [1.54, 1.807) is 22.7 Å². The molecule has 3 rings (SSSR count). The summed E-state index contributed by atoms with van der Waals surface area (Å²) >= 11 is 1.61. The smallest absolute Gasteiger partial charge is 0.311 e. The van der Waals surface area contributed by atoms with Crippen LogP contribution in [0, 0.1) is 11.8 Å². The molecule has 0 aromatic heterocycles. The van der Waals surface area contributed by atoms with Gasteiger partial charge in [0.25, 0.3) is 0 Å². The number of unbranched alkanes of at least 4 members (excludes halogenated alkanes) is 2. The Morgan fingerprint density at radius 1 is 1.31 bits per heavy atom. The van der Waals surface area contributed by atoms with E-state index in [-0.39, 0.29) is 31.6 Å². The summed E-state index contributed by atoms with van der Waals surface area (Å²) in [7, 11) is 0. The Balaban J connectivity index is 1.98. The van der Waals surface area contributed by atoms with Crippen molar-refractivity contribution in [3.05, 3.63) is 25.3 Å². The molecule has 2 unspecified atom stereocenters. The van der Waals surface area contributed by atoms with E-state index in [4.69, 9.17) is 4.74 Å². The highest BCUT2D eigenvalue weighted by Crippen LogP contribution is 2.71. The van der Waals surface area contributed by atoms with Crippen LogP contribution in [0.25, 0.3) is 0 Å². The Morgan fingerprint density at radius 2 is 2.06 bits per heavy atom. The van der Waals surface area contributed by atoms with Gasteiger partial charge in [-0.15, -0.1) is 18.3 Å². The molecule has 3 fully saturated rings. The lowest BCUT2D eigenvalue weighted by Crippen LogP contribution is -2.55. The summed E-state index contributed by atoms with van der Waals surface area (Å²) in [5.74, 6) is -1.96. The number of hydrogen-bond donors (Lipinski definition) is 1. The monoisotopic (exact) mass is 464 g/mol. The zero-order valence-corrected chi connectivity index (χ0v) is 20.1. The Hall–Kier alpha value is -1.80. The minimum atomic E-state index is -0.697. The van der Waals surface area contributed by atoms with Crippen LogP contribution in [0.3, 0.4) is 0 Å². The maximum Gasteiger partial charge on any atom is 0.311 e. The maximum absolute atomic E-state index is 13.9. The molecule has 178 valence electrons. The molecule has 1 spiro atoms. The summed E-state index contributed by atoms with van der Waals surface area (Å²) in [5.41, 5.74) is 0. The van der Waals surface area contributed by atoms with E-state index in [1.165, 1.54) is 11.0 Å². The van der Waals surface area contributed by atoms with Gasteiger partial charge in [0.15, 0.2) is 0 Å². The van der Waals surface area contributed by atoms with Crippen LogP contribution in [-0.4, -0.2) is 81.1 Å². The van der Waals surface area contributed by atoms with Gasteiger partial charge in [0.05, 0.1) is 23.2 Å². The average molecular weight is 465 g/mol. The number of β-amino-alcohol motifs (C(OH)–C–C–N with tert-alkyl or cyclic N) is 1. The summed E-state index contributed by atoms with van der Waals surface area (Å²) < 4.78 is 4.26. The van der Waals surface area contributed by atoms with Crippen LogP contribution in [-0.2, 0) is 19.1 Å². The molecule has 2 amide bonds. The summed E-state index contributed by atoms with van der Waals surface area (Å²) in [6.45, 7) is 12.5. The number of ether oxygens (including phenoxy) is 1. The molecule has 0 saturated carbocycles. The fourth-order valence-corrected chi connectivity index (χ4v) is 8.15. The third-order valence-corrected chi connectivity index (χ3v) is 9.13. The van der Waals surface area contributed by atoms with Gasteiger partial charge in [0.1, 0.15) is 12.6 Å². The van der Waals surface area contributed by atoms with Crippen LogP contribution in [0.1, 0.15) is 46.0 Å². The SMILES string of the molecule is C=CCOC(=O)[C@H]1[C@H]2C(=O)N(CCO)C(C(=O)N(CC=C)CCCCC)C23CC[C@]1(C)S3. The zero-order valence-electron chi connectivity index (χ0n) is 19.3. The van der Waals surface area contributed by atoms with Crippen molar-refractivity contribution in [2.45, 2.75) is 61.5 Å². The molecule has 1 N–H and O–H groups in total. The molecule has 0 aromatic rings. The number of aliphatic hydroxyl groups excluding tert-OH is 1. The zero-order chi connectivity index (χ0) is 23.5. The van der Waals surface area contributed by atoms with Crippen molar-refractivity contribution in [1.29, 1.82) is 0 Å². The lowest BCUT2D eigenvalue weighted by Gasteiger charge is -2.37. The fourth-order valence-electron chi connectivity index (χ4n) is 5.81. The predicted molar refractivity (Wildman–Crippen MR) is 125 cm³/mol. The summed E-state index contributed by atoms with van der Waals surface area (Å²) in [6.07, 6.45) is 7.60. The van der Waals surface area contributed by atoms with E-state index in [9.17, 15) is 19.5 Å². The van der Waals surface area contributed by atoms with Gasteiger partial charge in [-0.2, -0.15) is 0 Å². The highest BCUT2D eigenvalue weighted by atomic mass is 32.2. The number of esters is 1. The number of hydrogen-bond acceptors (Lipinski definition) is 6. The molecule has 3 saturated heterocycles. The van der Waals surface area contributed by atoms with E-state index in [2.05, 4.69) is 20.1 Å². The second-order valence-corrected chi connectivity index (χ2v) is 11.1. The van der Waals surface area contributed by atoms with Gasteiger partial charge in [-0.25, -0.2) is 0 Å². The number of amides is 2. The molecular formula is C24H36N2O5S. The van der Waals surface area contributed by atoms with Crippen molar-refractivity contribution in [2.75, 3.05) is 32.8 Å². The molecule has 32 heavy (non-hydrogen) atoms. The third-order valence-electron chi connectivity index (χ3n) is 7.14. The third kappa shape index (κ3) is 4.00. The molecule has 3 aliphatic heterocycles. The van der Waals surface area contributed by atoms with E-state index < -0.39 is 33.3 Å². The molecule has 0 aliphatic carbocycles.